The summed E-state index contributed by atoms with van der Waals surface area (Å²) in [6, 6.07) is 7.80. The fraction of sp³-hybridized carbons (Fsp3) is 0.222. The molecule has 0 aliphatic carbocycles. The van der Waals surface area contributed by atoms with Gasteiger partial charge in [-0.15, -0.1) is 0 Å². The van der Waals surface area contributed by atoms with E-state index in [9.17, 15) is 13.6 Å². The van der Waals surface area contributed by atoms with Crippen LogP contribution >= 0.6 is 11.6 Å². The number of halogens is 3. The molecule has 0 saturated heterocycles. The van der Waals surface area contributed by atoms with Crippen molar-refractivity contribution in [2.75, 3.05) is 6.54 Å². The van der Waals surface area contributed by atoms with Gasteiger partial charge in [0.1, 0.15) is 16.9 Å². The van der Waals surface area contributed by atoms with Gasteiger partial charge in [0, 0.05) is 24.9 Å². The highest BCUT2D eigenvalue weighted by atomic mass is 35.5. The summed E-state index contributed by atoms with van der Waals surface area (Å²) in [5, 5.41) is 8.54. The first-order chi connectivity index (χ1) is 14.0. The summed E-state index contributed by atoms with van der Waals surface area (Å²) in [4.78, 5) is 22.2. The van der Waals surface area contributed by atoms with E-state index in [1.807, 2.05) is 12.1 Å². The van der Waals surface area contributed by atoms with Crippen molar-refractivity contribution >= 4 is 23.0 Å². The number of imidazole rings is 1. The quantitative estimate of drug-likeness (QED) is 0.519. The zero-order chi connectivity index (χ0) is 20.1. The van der Waals surface area contributed by atoms with Gasteiger partial charge in [0.05, 0.1) is 23.2 Å². The molecular formula is C18H14ClF2N7O. The molecule has 1 aliphatic heterocycles. The number of nitrogens with one attached hydrogen (secondary N) is 1. The summed E-state index contributed by atoms with van der Waals surface area (Å²) in [5.74, 6) is -0.565. The molecule has 11 heteroatoms. The van der Waals surface area contributed by atoms with Gasteiger partial charge in [0.25, 0.3) is 5.91 Å². The van der Waals surface area contributed by atoms with E-state index in [0.717, 1.165) is 11.2 Å². The van der Waals surface area contributed by atoms with Gasteiger partial charge in [0.15, 0.2) is 0 Å². The average Bonchev–Trinajstić information content (AvgIpc) is 3.44. The molecule has 0 aromatic carbocycles. The van der Waals surface area contributed by atoms with Crippen LogP contribution in [0.4, 0.5) is 8.78 Å². The van der Waals surface area contributed by atoms with Crippen molar-refractivity contribution in [2.24, 2.45) is 0 Å². The van der Waals surface area contributed by atoms with Crippen LogP contribution < -0.4 is 0 Å². The molecule has 4 aromatic rings. The fourth-order valence-electron chi connectivity index (χ4n) is 3.72. The number of carbonyl (C=O) groups is 1. The molecule has 0 spiro atoms. The summed E-state index contributed by atoms with van der Waals surface area (Å²) in [6.07, 6.45) is 3.26. The molecule has 1 N–H and O–H groups in total. The molecule has 5 rings (SSSR count). The molecule has 1 atom stereocenters. The molecule has 1 aliphatic rings. The second-order valence-electron chi connectivity index (χ2n) is 6.61. The minimum Gasteiger partial charge on any atom is -0.348 e. The Bertz CT molecular complexity index is 1210. The van der Waals surface area contributed by atoms with Gasteiger partial charge in [-0.25, -0.2) is 9.50 Å². The number of hydrogen-bond acceptors (Lipinski definition) is 4. The molecule has 148 valence electrons. The van der Waals surface area contributed by atoms with Crippen molar-refractivity contribution in [1.82, 2.24) is 34.3 Å². The molecule has 0 radical (unpaired) electrons. The lowest BCUT2D eigenvalue weighted by atomic mass is 9.99. The normalized spacial score (nSPS) is 16.6. The number of nitrogens with zero attached hydrogens (tertiary/aromatic N) is 6. The Morgan fingerprint density at radius 3 is 2.97 bits per heavy atom. The van der Waals surface area contributed by atoms with Crippen LogP contribution in [-0.4, -0.2) is 46.7 Å². The largest absolute Gasteiger partial charge is 0.348 e. The van der Waals surface area contributed by atoms with E-state index in [1.165, 1.54) is 17.2 Å². The van der Waals surface area contributed by atoms with Gasteiger partial charge in [-0.1, -0.05) is 17.7 Å². The van der Waals surface area contributed by atoms with Crippen LogP contribution in [-0.2, 0) is 6.42 Å². The van der Waals surface area contributed by atoms with Gasteiger partial charge in [-0.05, 0) is 24.3 Å². The van der Waals surface area contributed by atoms with E-state index in [4.69, 9.17) is 11.6 Å². The van der Waals surface area contributed by atoms with Crippen LogP contribution in [0.15, 0.2) is 42.9 Å². The standard InChI is InChI=1S/C18H14ClF2N7O/c19-14-3-1-2-10-8-12(25-27(10)14)16-15-11(22-9-23-15)5-7-26(16)17(29)13-4-6-24-28(13)18(20)21/h1-4,6,8-9,16,18H,5,7H2,(H,22,23)/t16-/m0/s1. The van der Waals surface area contributed by atoms with Gasteiger partial charge in [0.2, 0.25) is 0 Å². The number of aromatic nitrogens is 6. The van der Waals surface area contributed by atoms with Gasteiger partial charge >= 0.3 is 6.55 Å². The Hall–Kier alpha value is -3.27. The lowest BCUT2D eigenvalue weighted by molar-refractivity contribution is 0.0441. The first-order valence-corrected chi connectivity index (χ1v) is 9.21. The molecule has 5 heterocycles. The van der Waals surface area contributed by atoms with Crippen LogP contribution in [0.2, 0.25) is 5.15 Å². The summed E-state index contributed by atoms with van der Waals surface area (Å²) in [6.45, 7) is -2.60. The van der Waals surface area contributed by atoms with E-state index in [1.54, 1.807) is 23.0 Å². The van der Waals surface area contributed by atoms with E-state index in [2.05, 4.69) is 20.2 Å². The Morgan fingerprint density at radius 1 is 1.31 bits per heavy atom. The fourth-order valence-corrected chi connectivity index (χ4v) is 3.92. The minimum atomic E-state index is -2.91. The summed E-state index contributed by atoms with van der Waals surface area (Å²) >= 11 is 6.23. The van der Waals surface area contributed by atoms with Crippen molar-refractivity contribution < 1.29 is 13.6 Å². The van der Waals surface area contributed by atoms with Crippen LogP contribution in [0.1, 0.15) is 40.2 Å². The van der Waals surface area contributed by atoms with E-state index < -0.39 is 18.5 Å². The van der Waals surface area contributed by atoms with Crippen LogP contribution in [0.25, 0.3) is 5.52 Å². The van der Waals surface area contributed by atoms with E-state index in [0.29, 0.717) is 34.2 Å². The third-order valence-electron chi connectivity index (χ3n) is 5.00. The number of rotatable bonds is 3. The van der Waals surface area contributed by atoms with Crippen molar-refractivity contribution in [3.63, 3.8) is 0 Å². The topological polar surface area (TPSA) is 84.1 Å². The van der Waals surface area contributed by atoms with Crippen molar-refractivity contribution in [3.05, 3.63) is 70.8 Å². The third-order valence-corrected chi connectivity index (χ3v) is 5.29. The van der Waals surface area contributed by atoms with Crippen LogP contribution in [0, 0.1) is 0 Å². The Labute approximate surface area is 167 Å². The second-order valence-corrected chi connectivity index (χ2v) is 7.00. The molecular weight excluding hydrogens is 404 g/mol. The molecule has 0 unspecified atom stereocenters. The summed E-state index contributed by atoms with van der Waals surface area (Å²) < 4.78 is 28.5. The highest BCUT2D eigenvalue weighted by molar-refractivity contribution is 6.29. The molecule has 1 amide bonds. The predicted molar refractivity (Wildman–Crippen MR) is 98.9 cm³/mol. The van der Waals surface area contributed by atoms with Crippen molar-refractivity contribution in [3.8, 4) is 0 Å². The monoisotopic (exact) mass is 417 g/mol. The number of aromatic amines is 1. The maximum atomic E-state index is 13.3. The maximum Gasteiger partial charge on any atom is 0.333 e. The number of fused-ring (bicyclic) bond motifs is 2. The van der Waals surface area contributed by atoms with E-state index in [-0.39, 0.29) is 5.69 Å². The lowest BCUT2D eigenvalue weighted by Crippen LogP contribution is -2.41. The number of pyridine rings is 1. The SMILES string of the molecule is O=C(c1ccnn1C(F)F)N1CCc2[nH]cnc2[C@@H]1c1cc2cccc(Cl)n2n1. The first-order valence-electron chi connectivity index (χ1n) is 8.83. The van der Waals surface area contributed by atoms with Gasteiger partial charge < -0.3 is 9.88 Å². The van der Waals surface area contributed by atoms with Crippen LogP contribution in [0.3, 0.4) is 0 Å². The van der Waals surface area contributed by atoms with Crippen molar-refractivity contribution in [1.29, 1.82) is 0 Å². The molecule has 29 heavy (non-hydrogen) atoms. The minimum absolute atomic E-state index is 0.189. The summed E-state index contributed by atoms with van der Waals surface area (Å²) in [7, 11) is 0. The second kappa shape index (κ2) is 6.66. The molecule has 4 aromatic heterocycles. The molecule has 8 nitrogen and oxygen atoms in total. The Balaban J connectivity index is 1.63. The molecule has 0 saturated carbocycles. The molecule has 0 fully saturated rings. The number of hydrogen-bond donors (Lipinski definition) is 1. The lowest BCUT2D eigenvalue weighted by Gasteiger charge is -2.34. The molecule has 0 bridgehead atoms. The number of carbonyl (C=O) groups excluding carboxylic acids is 1. The van der Waals surface area contributed by atoms with E-state index >= 15 is 0 Å². The highest BCUT2D eigenvalue weighted by Crippen LogP contribution is 2.35. The third kappa shape index (κ3) is 2.79. The van der Waals surface area contributed by atoms with Crippen LogP contribution in [0.5, 0.6) is 0 Å². The zero-order valence-corrected chi connectivity index (χ0v) is 15.6. The zero-order valence-electron chi connectivity index (χ0n) is 14.8. The predicted octanol–water partition coefficient (Wildman–Crippen LogP) is 3.09. The average molecular weight is 418 g/mol. The van der Waals surface area contributed by atoms with Crippen molar-refractivity contribution in [2.45, 2.75) is 19.0 Å². The highest BCUT2D eigenvalue weighted by Gasteiger charge is 2.37. The van der Waals surface area contributed by atoms with Gasteiger partial charge in [-0.2, -0.15) is 23.7 Å². The number of amides is 1. The summed E-state index contributed by atoms with van der Waals surface area (Å²) in [5.41, 5.74) is 2.62. The van der Waals surface area contributed by atoms with Gasteiger partial charge in [-0.3, -0.25) is 4.79 Å². The number of H-pyrrole nitrogens is 1. The smallest absolute Gasteiger partial charge is 0.333 e. The Kier molecular flexibility index (Phi) is 4.09. The number of alkyl halides is 2. The maximum absolute atomic E-state index is 13.3. The Morgan fingerprint density at radius 2 is 2.17 bits per heavy atom. The first kappa shape index (κ1) is 17.8.